The molecule has 0 aliphatic carbocycles. The van der Waals surface area contributed by atoms with Gasteiger partial charge in [0, 0.05) is 18.2 Å². The van der Waals surface area contributed by atoms with E-state index in [1.54, 1.807) is 12.1 Å². The standard InChI is InChI=1S/C25H43NO3/c1-3-4-5-6-7-8-9-10-11-12-13-14-15-16-17-18-25(28)26-22-19-20-23(27)24(21-22)29-2/h19-21,27H,3-18H2,1-2H3,(H,26,28). The lowest BCUT2D eigenvalue weighted by atomic mass is 10.0. The molecule has 0 atom stereocenters. The van der Waals surface area contributed by atoms with E-state index in [4.69, 9.17) is 4.74 Å². The second kappa shape index (κ2) is 17.2. The van der Waals surface area contributed by atoms with E-state index in [2.05, 4.69) is 12.2 Å². The van der Waals surface area contributed by atoms with Crippen molar-refractivity contribution in [2.24, 2.45) is 0 Å². The van der Waals surface area contributed by atoms with E-state index in [-0.39, 0.29) is 11.7 Å². The summed E-state index contributed by atoms with van der Waals surface area (Å²) in [5.74, 6) is 0.468. The highest BCUT2D eigenvalue weighted by molar-refractivity contribution is 5.91. The Balaban J connectivity index is 1.90. The normalized spacial score (nSPS) is 10.8. The Hall–Kier alpha value is -1.71. The second-order valence-corrected chi connectivity index (χ2v) is 8.13. The van der Waals surface area contributed by atoms with E-state index in [0.29, 0.717) is 17.9 Å². The Morgan fingerprint density at radius 3 is 1.79 bits per heavy atom. The van der Waals surface area contributed by atoms with Crippen LogP contribution in [0.15, 0.2) is 18.2 Å². The van der Waals surface area contributed by atoms with Crippen LogP contribution in [0.25, 0.3) is 0 Å². The third-order valence-corrected chi connectivity index (χ3v) is 5.47. The lowest BCUT2D eigenvalue weighted by Gasteiger charge is -2.08. The van der Waals surface area contributed by atoms with Crippen molar-refractivity contribution in [3.63, 3.8) is 0 Å². The minimum absolute atomic E-state index is 0.0208. The summed E-state index contributed by atoms with van der Waals surface area (Å²) in [7, 11) is 1.50. The molecule has 0 unspecified atom stereocenters. The number of benzene rings is 1. The summed E-state index contributed by atoms with van der Waals surface area (Å²) in [5, 5.41) is 12.4. The van der Waals surface area contributed by atoms with Gasteiger partial charge in [0.2, 0.25) is 5.91 Å². The van der Waals surface area contributed by atoms with Gasteiger partial charge in [0.25, 0.3) is 0 Å². The van der Waals surface area contributed by atoms with Crippen molar-refractivity contribution in [1.29, 1.82) is 0 Å². The van der Waals surface area contributed by atoms with Crippen LogP contribution >= 0.6 is 0 Å². The molecule has 1 amide bonds. The molecule has 0 saturated heterocycles. The van der Waals surface area contributed by atoms with E-state index in [0.717, 1.165) is 12.8 Å². The zero-order valence-corrected chi connectivity index (χ0v) is 18.8. The molecule has 0 aliphatic heterocycles. The summed E-state index contributed by atoms with van der Waals surface area (Å²) in [6, 6.07) is 4.85. The molecule has 0 heterocycles. The first-order chi connectivity index (χ1) is 14.2. The summed E-state index contributed by atoms with van der Waals surface area (Å²) < 4.78 is 5.06. The first-order valence-corrected chi connectivity index (χ1v) is 11.8. The average molecular weight is 406 g/mol. The molecule has 29 heavy (non-hydrogen) atoms. The molecule has 0 fully saturated rings. The van der Waals surface area contributed by atoms with Crippen molar-refractivity contribution in [2.75, 3.05) is 12.4 Å². The Morgan fingerprint density at radius 2 is 1.31 bits per heavy atom. The molecule has 0 bridgehead atoms. The molecule has 166 valence electrons. The van der Waals surface area contributed by atoms with Gasteiger partial charge < -0.3 is 15.2 Å². The molecule has 0 radical (unpaired) electrons. The number of hydrogen-bond donors (Lipinski definition) is 2. The fourth-order valence-electron chi connectivity index (χ4n) is 3.64. The first kappa shape index (κ1) is 25.3. The number of ether oxygens (including phenoxy) is 1. The predicted octanol–water partition coefficient (Wildman–Crippen LogP) is 7.60. The van der Waals surface area contributed by atoms with E-state index < -0.39 is 0 Å². The monoisotopic (exact) mass is 405 g/mol. The Labute approximate surface area is 178 Å². The van der Waals surface area contributed by atoms with E-state index in [9.17, 15) is 9.90 Å². The number of rotatable bonds is 18. The number of amides is 1. The second-order valence-electron chi connectivity index (χ2n) is 8.13. The number of anilines is 1. The lowest BCUT2D eigenvalue weighted by molar-refractivity contribution is -0.116. The van der Waals surface area contributed by atoms with E-state index in [1.165, 1.54) is 96.6 Å². The summed E-state index contributed by atoms with van der Waals surface area (Å²) in [6.07, 6.45) is 20.4. The Morgan fingerprint density at radius 1 is 0.828 bits per heavy atom. The van der Waals surface area contributed by atoms with E-state index in [1.807, 2.05) is 0 Å². The predicted molar refractivity (Wildman–Crippen MR) is 123 cm³/mol. The van der Waals surface area contributed by atoms with Gasteiger partial charge in [0.15, 0.2) is 11.5 Å². The summed E-state index contributed by atoms with van der Waals surface area (Å²) in [4.78, 5) is 12.0. The number of methoxy groups -OCH3 is 1. The molecule has 1 aromatic rings. The zero-order valence-electron chi connectivity index (χ0n) is 18.8. The smallest absolute Gasteiger partial charge is 0.224 e. The summed E-state index contributed by atoms with van der Waals surface area (Å²) >= 11 is 0. The zero-order chi connectivity index (χ0) is 21.2. The number of nitrogens with one attached hydrogen (secondary N) is 1. The minimum Gasteiger partial charge on any atom is -0.504 e. The fraction of sp³-hybridized carbons (Fsp3) is 0.720. The largest absolute Gasteiger partial charge is 0.504 e. The van der Waals surface area contributed by atoms with Crippen LogP contribution in [-0.2, 0) is 4.79 Å². The molecule has 0 spiro atoms. The topological polar surface area (TPSA) is 58.6 Å². The van der Waals surface area contributed by atoms with Crippen LogP contribution in [0.2, 0.25) is 0 Å². The van der Waals surface area contributed by atoms with Gasteiger partial charge in [-0.3, -0.25) is 4.79 Å². The van der Waals surface area contributed by atoms with Gasteiger partial charge >= 0.3 is 0 Å². The Bertz CT molecular complexity index is 545. The van der Waals surface area contributed by atoms with Crippen LogP contribution in [0.5, 0.6) is 11.5 Å². The lowest BCUT2D eigenvalue weighted by Crippen LogP contribution is -2.11. The van der Waals surface area contributed by atoms with Crippen molar-refractivity contribution in [2.45, 2.75) is 110 Å². The van der Waals surface area contributed by atoms with Gasteiger partial charge in [-0.15, -0.1) is 0 Å². The van der Waals surface area contributed by atoms with Crippen LogP contribution in [-0.4, -0.2) is 18.1 Å². The molecule has 0 aromatic heterocycles. The molecule has 0 saturated carbocycles. The molecule has 1 rings (SSSR count). The quantitative estimate of drug-likeness (QED) is 0.195. The number of hydrogen-bond acceptors (Lipinski definition) is 3. The molecule has 4 nitrogen and oxygen atoms in total. The Kier molecular flexibility index (Phi) is 15.0. The first-order valence-electron chi connectivity index (χ1n) is 11.8. The fourth-order valence-corrected chi connectivity index (χ4v) is 3.64. The number of unbranched alkanes of at least 4 members (excludes halogenated alkanes) is 14. The average Bonchev–Trinajstić information content (AvgIpc) is 2.72. The number of carbonyl (C=O) groups is 1. The van der Waals surface area contributed by atoms with Crippen molar-refractivity contribution >= 4 is 11.6 Å². The van der Waals surface area contributed by atoms with Gasteiger partial charge in [-0.05, 0) is 18.6 Å². The highest BCUT2D eigenvalue weighted by atomic mass is 16.5. The molecular formula is C25H43NO3. The van der Waals surface area contributed by atoms with Gasteiger partial charge in [0.05, 0.1) is 7.11 Å². The highest BCUT2D eigenvalue weighted by Gasteiger charge is 2.06. The summed E-state index contributed by atoms with van der Waals surface area (Å²) in [6.45, 7) is 2.27. The van der Waals surface area contributed by atoms with Crippen molar-refractivity contribution in [1.82, 2.24) is 0 Å². The molecule has 0 aliphatic rings. The summed E-state index contributed by atoms with van der Waals surface area (Å²) in [5.41, 5.74) is 0.658. The van der Waals surface area contributed by atoms with Crippen LogP contribution in [0.3, 0.4) is 0 Å². The van der Waals surface area contributed by atoms with Gasteiger partial charge in [-0.2, -0.15) is 0 Å². The molecule has 1 aromatic carbocycles. The third kappa shape index (κ3) is 13.2. The number of phenolic OH excluding ortho intramolecular Hbond substituents is 1. The maximum absolute atomic E-state index is 12.0. The number of carbonyl (C=O) groups excluding carboxylic acids is 1. The number of aromatic hydroxyl groups is 1. The van der Waals surface area contributed by atoms with Crippen LogP contribution in [0.1, 0.15) is 110 Å². The molecule has 4 heteroatoms. The van der Waals surface area contributed by atoms with Gasteiger partial charge in [0.1, 0.15) is 0 Å². The maximum atomic E-state index is 12.0. The van der Waals surface area contributed by atoms with Crippen LogP contribution < -0.4 is 10.1 Å². The SMILES string of the molecule is CCCCCCCCCCCCCCCCCC(=O)Nc1ccc(O)c(OC)c1. The van der Waals surface area contributed by atoms with Gasteiger partial charge in [-0.25, -0.2) is 0 Å². The molecular weight excluding hydrogens is 362 g/mol. The van der Waals surface area contributed by atoms with Crippen molar-refractivity contribution < 1.29 is 14.6 Å². The third-order valence-electron chi connectivity index (χ3n) is 5.47. The van der Waals surface area contributed by atoms with Crippen molar-refractivity contribution in [3.8, 4) is 11.5 Å². The van der Waals surface area contributed by atoms with Crippen LogP contribution in [0.4, 0.5) is 5.69 Å². The number of phenols is 1. The van der Waals surface area contributed by atoms with Crippen LogP contribution in [0, 0.1) is 0 Å². The highest BCUT2D eigenvalue weighted by Crippen LogP contribution is 2.28. The maximum Gasteiger partial charge on any atom is 0.224 e. The van der Waals surface area contributed by atoms with Crippen molar-refractivity contribution in [3.05, 3.63) is 18.2 Å². The molecule has 2 N–H and O–H groups in total. The van der Waals surface area contributed by atoms with Gasteiger partial charge in [-0.1, -0.05) is 96.8 Å². The van der Waals surface area contributed by atoms with E-state index >= 15 is 0 Å². The minimum atomic E-state index is 0.0208.